The van der Waals surface area contributed by atoms with Crippen molar-refractivity contribution in [1.29, 1.82) is 0 Å². The number of carbonyl (C=O) groups excluding carboxylic acids is 1. The Bertz CT molecular complexity index is 736. The topological polar surface area (TPSA) is 69.8 Å². The van der Waals surface area contributed by atoms with E-state index in [2.05, 4.69) is 53.4 Å². The number of amides is 1. The van der Waals surface area contributed by atoms with Crippen molar-refractivity contribution in [3.05, 3.63) is 71.8 Å². The van der Waals surface area contributed by atoms with E-state index in [9.17, 15) is 9.90 Å². The summed E-state index contributed by atoms with van der Waals surface area (Å²) in [5.74, 6) is 0.0261. The minimum absolute atomic E-state index is 0. The van der Waals surface area contributed by atoms with Crippen LogP contribution < -0.4 is 5.73 Å². The lowest BCUT2D eigenvalue weighted by Gasteiger charge is -2.40. The van der Waals surface area contributed by atoms with Gasteiger partial charge in [-0.05, 0) is 24.0 Å². The first-order chi connectivity index (χ1) is 13.6. The highest BCUT2D eigenvalue weighted by atomic mass is 35.5. The van der Waals surface area contributed by atoms with Crippen LogP contribution >= 0.6 is 24.8 Å². The number of hydrogen-bond donors (Lipinski definition) is 2. The summed E-state index contributed by atoms with van der Waals surface area (Å²) in [5, 5.41) is 9.88. The molecule has 0 bridgehead atoms. The summed E-state index contributed by atoms with van der Waals surface area (Å²) >= 11 is 0. The molecule has 0 spiro atoms. The van der Waals surface area contributed by atoms with E-state index in [4.69, 9.17) is 5.73 Å². The van der Waals surface area contributed by atoms with Crippen LogP contribution in [0.1, 0.15) is 30.0 Å². The van der Waals surface area contributed by atoms with Gasteiger partial charge in [-0.1, -0.05) is 60.7 Å². The highest BCUT2D eigenvalue weighted by molar-refractivity contribution is 5.85. The first-order valence-electron chi connectivity index (χ1n) is 10.2. The second-order valence-corrected chi connectivity index (χ2v) is 7.98. The third-order valence-corrected chi connectivity index (χ3v) is 6.15. The van der Waals surface area contributed by atoms with E-state index in [1.54, 1.807) is 0 Å². The summed E-state index contributed by atoms with van der Waals surface area (Å²) in [6, 6.07) is 21.1. The molecule has 1 heterocycles. The first kappa shape index (κ1) is 24.6. The molecule has 0 aromatic heterocycles. The second kappa shape index (κ2) is 11.1. The van der Waals surface area contributed by atoms with Gasteiger partial charge in [-0.3, -0.25) is 9.69 Å². The van der Waals surface area contributed by atoms with Crippen LogP contribution in [-0.4, -0.2) is 59.1 Å². The summed E-state index contributed by atoms with van der Waals surface area (Å²) in [4.78, 5) is 17.3. The number of hydrogen-bond acceptors (Lipinski definition) is 4. The lowest BCUT2D eigenvalue weighted by atomic mass is 9.96. The maximum atomic E-state index is 12.8. The summed E-state index contributed by atoms with van der Waals surface area (Å²) in [5.41, 5.74) is 8.45. The molecule has 164 valence electrons. The third-order valence-electron chi connectivity index (χ3n) is 6.15. The Labute approximate surface area is 191 Å². The Morgan fingerprint density at radius 1 is 0.867 bits per heavy atom. The number of aliphatic hydroxyl groups is 1. The maximum absolute atomic E-state index is 12.8. The molecule has 5 nitrogen and oxygen atoms in total. The van der Waals surface area contributed by atoms with Crippen LogP contribution in [0.3, 0.4) is 0 Å². The zero-order chi connectivity index (χ0) is 19.5. The number of nitrogens with two attached hydrogens (primary N) is 1. The minimum Gasteiger partial charge on any atom is -0.391 e. The maximum Gasteiger partial charge on any atom is 0.225 e. The molecule has 0 radical (unpaired) electrons. The highest BCUT2D eigenvalue weighted by Gasteiger charge is 2.38. The van der Waals surface area contributed by atoms with Crippen molar-refractivity contribution in [2.24, 2.45) is 11.7 Å². The third kappa shape index (κ3) is 5.34. The Balaban J connectivity index is 0.00000160. The summed E-state index contributed by atoms with van der Waals surface area (Å²) < 4.78 is 0. The van der Waals surface area contributed by atoms with Crippen molar-refractivity contribution >= 4 is 30.7 Å². The predicted molar refractivity (Wildman–Crippen MR) is 124 cm³/mol. The first-order valence-corrected chi connectivity index (χ1v) is 10.2. The van der Waals surface area contributed by atoms with Crippen molar-refractivity contribution in [2.75, 3.05) is 26.2 Å². The van der Waals surface area contributed by atoms with E-state index in [-0.39, 0.29) is 48.7 Å². The molecule has 1 saturated heterocycles. The van der Waals surface area contributed by atoms with Gasteiger partial charge in [0.15, 0.2) is 0 Å². The Hall–Kier alpha value is -1.63. The van der Waals surface area contributed by atoms with Crippen molar-refractivity contribution in [1.82, 2.24) is 9.80 Å². The van der Waals surface area contributed by atoms with Crippen LogP contribution in [0, 0.1) is 5.92 Å². The quantitative estimate of drug-likeness (QED) is 0.749. The van der Waals surface area contributed by atoms with Crippen LogP contribution in [0.4, 0.5) is 0 Å². The average Bonchev–Trinajstić information content (AvgIpc) is 3.08. The zero-order valence-electron chi connectivity index (χ0n) is 17.0. The smallest absolute Gasteiger partial charge is 0.225 e. The van der Waals surface area contributed by atoms with Gasteiger partial charge in [0.05, 0.1) is 12.1 Å². The molecule has 1 amide bonds. The van der Waals surface area contributed by atoms with Crippen LogP contribution in [-0.2, 0) is 4.79 Å². The molecule has 3 atom stereocenters. The Morgan fingerprint density at radius 3 is 1.80 bits per heavy atom. The molecular formula is C23H31Cl2N3O2. The number of benzene rings is 2. The van der Waals surface area contributed by atoms with Gasteiger partial charge in [0.1, 0.15) is 0 Å². The molecule has 4 rings (SSSR count). The fourth-order valence-corrected chi connectivity index (χ4v) is 4.59. The number of piperazine rings is 1. The van der Waals surface area contributed by atoms with Gasteiger partial charge >= 0.3 is 0 Å². The van der Waals surface area contributed by atoms with Crippen molar-refractivity contribution in [2.45, 2.75) is 31.0 Å². The number of carbonyl (C=O) groups is 1. The van der Waals surface area contributed by atoms with Gasteiger partial charge in [0, 0.05) is 38.1 Å². The normalized spacial score (nSPS) is 24.2. The van der Waals surface area contributed by atoms with Crippen LogP contribution in [0.5, 0.6) is 0 Å². The number of rotatable bonds is 4. The van der Waals surface area contributed by atoms with Crippen molar-refractivity contribution in [3.8, 4) is 0 Å². The van der Waals surface area contributed by atoms with Gasteiger partial charge < -0.3 is 15.7 Å². The van der Waals surface area contributed by atoms with Gasteiger partial charge in [0.25, 0.3) is 0 Å². The molecule has 7 heteroatoms. The standard InChI is InChI=1S/C23H29N3O2.2ClH/c24-20-15-19(16-21(20)27)23(28)26-13-11-25(12-14-26)22(17-7-3-1-4-8-17)18-9-5-2-6-10-18;;/h1-10,19-22,27H,11-16,24H2;2*1H/t19-,20+,21+;;/m0../s1. The highest BCUT2D eigenvalue weighted by Crippen LogP contribution is 2.31. The summed E-state index contributed by atoms with van der Waals surface area (Å²) in [7, 11) is 0. The van der Waals surface area contributed by atoms with E-state index in [1.807, 2.05) is 17.0 Å². The molecular weight excluding hydrogens is 421 g/mol. The van der Waals surface area contributed by atoms with Crippen LogP contribution in [0.25, 0.3) is 0 Å². The Kier molecular flexibility index (Phi) is 9.13. The number of halogens is 2. The zero-order valence-corrected chi connectivity index (χ0v) is 18.6. The van der Waals surface area contributed by atoms with E-state index >= 15 is 0 Å². The largest absolute Gasteiger partial charge is 0.391 e. The summed E-state index contributed by atoms with van der Waals surface area (Å²) in [6.07, 6.45) is 0.545. The van der Waals surface area contributed by atoms with Crippen LogP contribution in [0.15, 0.2) is 60.7 Å². The SMILES string of the molecule is Cl.Cl.N[C@@H]1C[C@H](C(=O)N2CCN(C(c3ccccc3)c3ccccc3)CC2)C[C@H]1O. The molecule has 2 aromatic carbocycles. The molecule has 2 aromatic rings. The van der Waals surface area contributed by atoms with Gasteiger partial charge in [-0.15, -0.1) is 24.8 Å². The van der Waals surface area contributed by atoms with Crippen LogP contribution in [0.2, 0.25) is 0 Å². The van der Waals surface area contributed by atoms with E-state index in [0.29, 0.717) is 12.8 Å². The number of nitrogens with zero attached hydrogens (tertiary/aromatic N) is 2. The molecule has 2 fully saturated rings. The average molecular weight is 452 g/mol. The summed E-state index contributed by atoms with van der Waals surface area (Å²) in [6.45, 7) is 3.11. The fourth-order valence-electron chi connectivity index (χ4n) is 4.59. The van der Waals surface area contributed by atoms with Crippen molar-refractivity contribution in [3.63, 3.8) is 0 Å². The molecule has 1 aliphatic carbocycles. The van der Waals surface area contributed by atoms with Gasteiger partial charge in [0.2, 0.25) is 5.91 Å². The lowest BCUT2D eigenvalue weighted by molar-refractivity contribution is -0.137. The lowest BCUT2D eigenvalue weighted by Crippen LogP contribution is -2.51. The van der Waals surface area contributed by atoms with Gasteiger partial charge in [-0.25, -0.2) is 0 Å². The monoisotopic (exact) mass is 451 g/mol. The van der Waals surface area contributed by atoms with E-state index < -0.39 is 6.10 Å². The molecule has 1 saturated carbocycles. The molecule has 0 unspecified atom stereocenters. The Morgan fingerprint density at radius 2 is 1.37 bits per heavy atom. The van der Waals surface area contributed by atoms with E-state index in [0.717, 1.165) is 26.2 Å². The molecule has 2 aliphatic rings. The van der Waals surface area contributed by atoms with Crippen molar-refractivity contribution < 1.29 is 9.90 Å². The second-order valence-electron chi connectivity index (χ2n) is 7.98. The van der Waals surface area contributed by atoms with E-state index in [1.165, 1.54) is 11.1 Å². The fraction of sp³-hybridized carbons (Fsp3) is 0.435. The molecule has 3 N–H and O–H groups in total. The molecule has 1 aliphatic heterocycles. The predicted octanol–water partition coefficient (Wildman–Crippen LogP) is 2.86. The van der Waals surface area contributed by atoms with Gasteiger partial charge in [-0.2, -0.15) is 0 Å². The minimum atomic E-state index is -0.546. The number of aliphatic hydroxyl groups excluding tert-OH is 1. The molecule has 30 heavy (non-hydrogen) atoms.